The smallest absolute Gasteiger partial charge is 0.242 e. The number of carbonyl (C=O) groups is 1. The Morgan fingerprint density at radius 2 is 2.03 bits per heavy atom. The molecular weight excluding hydrogens is 501 g/mol. The van der Waals surface area contributed by atoms with Crippen molar-refractivity contribution in [2.75, 3.05) is 19.6 Å². The van der Waals surface area contributed by atoms with Crippen LogP contribution in [0.1, 0.15) is 38.4 Å². The number of aliphatic imine (C=N–C) groups is 1. The van der Waals surface area contributed by atoms with Crippen LogP contribution in [0.2, 0.25) is 0 Å². The molecule has 29 heavy (non-hydrogen) atoms. The predicted molar refractivity (Wildman–Crippen MR) is 129 cm³/mol. The van der Waals surface area contributed by atoms with Gasteiger partial charge in [0.1, 0.15) is 18.7 Å². The summed E-state index contributed by atoms with van der Waals surface area (Å²) in [6.45, 7) is 10.2. The summed E-state index contributed by atoms with van der Waals surface area (Å²) >= 11 is 1.74. The Morgan fingerprint density at radius 1 is 1.28 bits per heavy atom. The third kappa shape index (κ3) is 10.1. The van der Waals surface area contributed by atoms with E-state index >= 15 is 0 Å². The lowest BCUT2D eigenvalue weighted by Crippen LogP contribution is -2.44. The minimum atomic E-state index is -0.266. The zero-order valence-electron chi connectivity index (χ0n) is 17.6. The molecule has 0 atom stereocenters. The van der Waals surface area contributed by atoms with Gasteiger partial charge in [0.2, 0.25) is 5.91 Å². The van der Waals surface area contributed by atoms with Gasteiger partial charge in [-0.05, 0) is 38.6 Å². The van der Waals surface area contributed by atoms with Crippen LogP contribution >= 0.6 is 35.3 Å². The third-order valence-corrected chi connectivity index (χ3v) is 4.73. The van der Waals surface area contributed by atoms with Gasteiger partial charge in [-0.3, -0.25) is 4.79 Å². The Morgan fingerprint density at radius 3 is 2.69 bits per heavy atom. The Bertz CT molecular complexity index is 753. The Labute approximate surface area is 194 Å². The number of rotatable bonds is 9. The maximum Gasteiger partial charge on any atom is 0.242 e. The highest BCUT2D eigenvalue weighted by Crippen LogP contribution is 2.08. The maximum atomic E-state index is 12.1. The van der Waals surface area contributed by atoms with Gasteiger partial charge in [0.05, 0.1) is 0 Å². The molecule has 0 unspecified atom stereocenters. The molecule has 0 spiro atoms. The highest BCUT2D eigenvalue weighted by Gasteiger charge is 2.13. The lowest BCUT2D eigenvalue weighted by molar-refractivity contribution is -0.121. The van der Waals surface area contributed by atoms with Gasteiger partial charge in [0.25, 0.3) is 0 Å². The molecule has 0 bridgehead atoms. The van der Waals surface area contributed by atoms with Crippen LogP contribution in [0.15, 0.2) is 28.8 Å². The number of hydrogen-bond acceptors (Lipinski definition) is 5. The molecule has 0 aromatic carbocycles. The van der Waals surface area contributed by atoms with Crippen LogP contribution in [-0.2, 0) is 24.2 Å². The summed E-state index contributed by atoms with van der Waals surface area (Å²) < 4.78 is 2.02. The lowest BCUT2D eigenvalue weighted by Gasteiger charge is -2.20. The largest absolute Gasteiger partial charge is 0.356 e. The standard InChI is InChI=1S/C19H31N7OS.HI/c1-5-16-25-23-14-26(16)11-10-21-18(20-9-8-15-7-6-12-28-15)22-13-17(27)24-19(2,3)4;/h6-7,12,14H,5,8-11,13H2,1-4H3,(H,24,27)(H2,20,21,22);1H. The summed E-state index contributed by atoms with van der Waals surface area (Å²) in [6.07, 6.45) is 3.49. The molecule has 0 saturated carbocycles. The molecule has 10 heteroatoms. The van der Waals surface area contributed by atoms with Crippen molar-refractivity contribution >= 4 is 47.2 Å². The van der Waals surface area contributed by atoms with Crippen LogP contribution < -0.4 is 16.0 Å². The second-order valence-corrected chi connectivity index (χ2v) is 8.47. The van der Waals surface area contributed by atoms with E-state index in [1.54, 1.807) is 17.7 Å². The van der Waals surface area contributed by atoms with E-state index in [9.17, 15) is 4.79 Å². The van der Waals surface area contributed by atoms with Gasteiger partial charge in [-0.1, -0.05) is 13.0 Å². The van der Waals surface area contributed by atoms with Crippen LogP contribution in [0.25, 0.3) is 0 Å². The number of halogens is 1. The van der Waals surface area contributed by atoms with E-state index in [4.69, 9.17) is 0 Å². The second-order valence-electron chi connectivity index (χ2n) is 7.44. The van der Waals surface area contributed by atoms with Crippen molar-refractivity contribution in [2.45, 2.75) is 52.6 Å². The van der Waals surface area contributed by atoms with Gasteiger partial charge >= 0.3 is 0 Å². The van der Waals surface area contributed by atoms with Gasteiger partial charge in [0, 0.05) is 36.5 Å². The number of guanidine groups is 1. The normalized spacial score (nSPS) is 11.7. The fourth-order valence-electron chi connectivity index (χ4n) is 2.58. The van der Waals surface area contributed by atoms with Crippen molar-refractivity contribution in [3.8, 4) is 0 Å². The van der Waals surface area contributed by atoms with Crippen molar-refractivity contribution in [3.63, 3.8) is 0 Å². The zero-order chi connectivity index (χ0) is 20.4. The highest BCUT2D eigenvalue weighted by molar-refractivity contribution is 14.0. The second kappa shape index (κ2) is 12.8. The fourth-order valence-corrected chi connectivity index (χ4v) is 3.29. The molecule has 0 saturated heterocycles. The first kappa shape index (κ1) is 25.3. The third-order valence-electron chi connectivity index (χ3n) is 3.80. The highest BCUT2D eigenvalue weighted by atomic mass is 127. The van der Waals surface area contributed by atoms with Crippen molar-refractivity contribution in [1.82, 2.24) is 30.7 Å². The van der Waals surface area contributed by atoms with Crippen LogP contribution in [-0.4, -0.2) is 51.8 Å². The number of carbonyl (C=O) groups excluding carboxylic acids is 1. The van der Waals surface area contributed by atoms with Gasteiger partial charge in [-0.2, -0.15) is 0 Å². The Hall–Kier alpha value is -1.69. The first-order valence-corrected chi connectivity index (χ1v) is 10.5. The molecule has 2 rings (SSSR count). The topological polar surface area (TPSA) is 96.2 Å². The minimum absolute atomic E-state index is 0. The summed E-state index contributed by atoms with van der Waals surface area (Å²) in [5.74, 6) is 1.49. The fraction of sp³-hybridized carbons (Fsp3) is 0.579. The van der Waals surface area contributed by atoms with Crippen LogP contribution in [0.4, 0.5) is 0 Å². The number of thiophene rings is 1. The molecule has 3 N–H and O–H groups in total. The molecule has 1 amide bonds. The molecule has 2 heterocycles. The average molecular weight is 533 g/mol. The molecule has 0 fully saturated rings. The van der Waals surface area contributed by atoms with Gasteiger partial charge in [-0.15, -0.1) is 45.5 Å². The van der Waals surface area contributed by atoms with E-state index in [-0.39, 0.29) is 42.0 Å². The van der Waals surface area contributed by atoms with E-state index in [0.717, 1.165) is 31.8 Å². The van der Waals surface area contributed by atoms with Crippen molar-refractivity contribution in [2.24, 2.45) is 4.99 Å². The Kier molecular flexibility index (Phi) is 11.2. The quantitative estimate of drug-likeness (QED) is 0.261. The Balaban J connectivity index is 0.00000420. The summed E-state index contributed by atoms with van der Waals surface area (Å²) in [4.78, 5) is 17.8. The van der Waals surface area contributed by atoms with E-state index in [1.165, 1.54) is 4.88 Å². The van der Waals surface area contributed by atoms with Crippen LogP contribution in [0.5, 0.6) is 0 Å². The first-order valence-electron chi connectivity index (χ1n) is 9.59. The number of nitrogens with zero attached hydrogens (tertiary/aromatic N) is 4. The van der Waals surface area contributed by atoms with Gasteiger partial charge in [-0.25, -0.2) is 4.99 Å². The molecule has 0 aliphatic rings. The number of aryl methyl sites for hydroxylation is 1. The molecule has 0 aliphatic heterocycles. The maximum absolute atomic E-state index is 12.1. The minimum Gasteiger partial charge on any atom is -0.356 e. The number of aromatic nitrogens is 3. The van der Waals surface area contributed by atoms with E-state index < -0.39 is 0 Å². The zero-order valence-corrected chi connectivity index (χ0v) is 20.7. The molecule has 2 aromatic rings. The molecule has 162 valence electrons. The van der Waals surface area contributed by atoms with E-state index in [2.05, 4.69) is 55.6 Å². The van der Waals surface area contributed by atoms with Crippen LogP contribution in [0.3, 0.4) is 0 Å². The van der Waals surface area contributed by atoms with E-state index in [1.807, 2.05) is 25.3 Å². The molecule has 0 aliphatic carbocycles. The first-order chi connectivity index (χ1) is 13.4. The number of nitrogens with one attached hydrogen (secondary N) is 3. The monoisotopic (exact) mass is 533 g/mol. The summed E-state index contributed by atoms with van der Waals surface area (Å²) in [7, 11) is 0. The summed E-state index contributed by atoms with van der Waals surface area (Å²) in [5.41, 5.74) is -0.266. The lowest BCUT2D eigenvalue weighted by atomic mass is 10.1. The summed E-state index contributed by atoms with van der Waals surface area (Å²) in [5, 5.41) is 19.6. The summed E-state index contributed by atoms with van der Waals surface area (Å²) in [6, 6.07) is 4.17. The average Bonchev–Trinajstić information content (AvgIpc) is 3.29. The van der Waals surface area contributed by atoms with Crippen LogP contribution in [0, 0.1) is 0 Å². The van der Waals surface area contributed by atoms with Crippen molar-refractivity contribution < 1.29 is 4.79 Å². The van der Waals surface area contributed by atoms with Gasteiger partial charge in [0.15, 0.2) is 5.96 Å². The van der Waals surface area contributed by atoms with Crippen molar-refractivity contribution in [1.29, 1.82) is 0 Å². The molecule has 0 radical (unpaired) electrons. The SMILES string of the molecule is CCc1nncn1CCNC(=NCC(=O)NC(C)(C)C)NCCc1cccs1.I. The number of amides is 1. The predicted octanol–water partition coefficient (Wildman–Crippen LogP) is 2.21. The van der Waals surface area contributed by atoms with Crippen molar-refractivity contribution in [3.05, 3.63) is 34.5 Å². The molecule has 2 aromatic heterocycles. The van der Waals surface area contributed by atoms with Gasteiger partial charge < -0.3 is 20.5 Å². The van der Waals surface area contributed by atoms with E-state index in [0.29, 0.717) is 12.5 Å². The number of hydrogen-bond donors (Lipinski definition) is 3. The molecular formula is C19H32IN7OS. The molecule has 8 nitrogen and oxygen atoms in total.